The number of hydrogen-bond acceptors (Lipinski definition) is 2. The van der Waals surface area contributed by atoms with Crippen LogP contribution in [-0.2, 0) is 0 Å². The molecule has 32 heavy (non-hydrogen) atoms. The summed E-state index contributed by atoms with van der Waals surface area (Å²) in [5.41, 5.74) is 4.86. The number of phenolic OH excluding ortho intramolecular Hbond substituents is 1. The molecule has 2 heteroatoms. The Kier molecular flexibility index (Phi) is 12.4. The minimum Gasteiger partial charge on any atom is -0.508 e. The van der Waals surface area contributed by atoms with Crippen LogP contribution < -0.4 is 0 Å². The zero-order valence-corrected chi connectivity index (χ0v) is 18.3. The van der Waals surface area contributed by atoms with Gasteiger partial charge in [-0.1, -0.05) is 123 Å². The van der Waals surface area contributed by atoms with E-state index in [1.165, 1.54) is 5.56 Å². The number of hydrogen-bond donors (Lipinski definition) is 1. The third kappa shape index (κ3) is 11.0. The molecule has 0 aliphatic rings. The standard InChI is InChI=1S/C14H13N.C8H8O.C8H8/c1-3-13(9-12(2)11-15)10-14-7-5-4-6-8-14;1-2-7-3-5-8(9)6-4-7;1-2-8-6-4-3-5-7-8/h3-8,10H,1-2,9H2;2-6,9H,1H2;2-7H,1H2. The van der Waals surface area contributed by atoms with Gasteiger partial charge in [-0.15, -0.1) is 0 Å². The zero-order chi connectivity index (χ0) is 23.6. The fourth-order valence-corrected chi connectivity index (χ4v) is 2.43. The van der Waals surface area contributed by atoms with E-state index in [1.54, 1.807) is 24.3 Å². The van der Waals surface area contributed by atoms with Crippen LogP contribution in [0.4, 0.5) is 0 Å². The van der Waals surface area contributed by atoms with E-state index in [1.807, 2.05) is 91.0 Å². The van der Waals surface area contributed by atoms with E-state index in [2.05, 4.69) is 26.3 Å². The first-order valence-electron chi connectivity index (χ1n) is 10.1. The molecular formula is C30H29NO. The van der Waals surface area contributed by atoms with Gasteiger partial charge in [-0.3, -0.25) is 0 Å². The van der Waals surface area contributed by atoms with Crippen LogP contribution in [0.15, 0.2) is 128 Å². The second kappa shape index (κ2) is 15.5. The lowest BCUT2D eigenvalue weighted by Crippen LogP contribution is -1.82. The molecule has 0 saturated carbocycles. The Morgan fingerprint density at radius 3 is 1.62 bits per heavy atom. The number of phenols is 1. The van der Waals surface area contributed by atoms with Crippen LogP contribution in [0.3, 0.4) is 0 Å². The van der Waals surface area contributed by atoms with Crippen LogP contribution in [-0.4, -0.2) is 5.11 Å². The van der Waals surface area contributed by atoms with Crippen molar-refractivity contribution in [1.82, 2.24) is 0 Å². The summed E-state index contributed by atoms with van der Waals surface area (Å²) in [4.78, 5) is 0. The van der Waals surface area contributed by atoms with E-state index < -0.39 is 0 Å². The topological polar surface area (TPSA) is 44.0 Å². The van der Waals surface area contributed by atoms with E-state index in [0.717, 1.165) is 16.7 Å². The highest BCUT2D eigenvalue weighted by Crippen LogP contribution is 2.14. The number of nitrogens with zero attached hydrogens (tertiary/aromatic N) is 1. The van der Waals surface area contributed by atoms with Gasteiger partial charge >= 0.3 is 0 Å². The summed E-state index contributed by atoms with van der Waals surface area (Å²) in [7, 11) is 0. The molecule has 0 saturated heterocycles. The Morgan fingerprint density at radius 2 is 1.22 bits per heavy atom. The molecule has 0 amide bonds. The molecule has 160 valence electrons. The highest BCUT2D eigenvalue weighted by Gasteiger charge is 1.96. The summed E-state index contributed by atoms with van der Waals surface area (Å²) in [5.74, 6) is 0.292. The molecule has 0 aliphatic heterocycles. The van der Waals surface area contributed by atoms with E-state index in [0.29, 0.717) is 17.7 Å². The SMILES string of the molecule is C=CC(=Cc1ccccc1)CC(=C)C#N.C=Cc1ccc(O)cc1.C=Cc1ccccc1. The lowest BCUT2D eigenvalue weighted by Gasteiger charge is -2.00. The largest absolute Gasteiger partial charge is 0.508 e. The highest BCUT2D eigenvalue weighted by molar-refractivity contribution is 5.56. The summed E-state index contributed by atoms with van der Waals surface area (Å²) < 4.78 is 0. The summed E-state index contributed by atoms with van der Waals surface area (Å²) in [6.45, 7) is 14.6. The maximum Gasteiger partial charge on any atom is 0.115 e. The van der Waals surface area contributed by atoms with Crippen molar-refractivity contribution in [2.75, 3.05) is 0 Å². The van der Waals surface area contributed by atoms with Gasteiger partial charge in [0.15, 0.2) is 0 Å². The lowest BCUT2D eigenvalue weighted by molar-refractivity contribution is 0.475. The second-order valence-corrected chi connectivity index (χ2v) is 6.64. The van der Waals surface area contributed by atoms with Gasteiger partial charge in [-0.25, -0.2) is 0 Å². The monoisotopic (exact) mass is 419 g/mol. The van der Waals surface area contributed by atoms with Gasteiger partial charge in [0.1, 0.15) is 5.75 Å². The Balaban J connectivity index is 0.000000257. The van der Waals surface area contributed by atoms with Crippen molar-refractivity contribution in [2.24, 2.45) is 0 Å². The molecule has 0 atom stereocenters. The first-order valence-corrected chi connectivity index (χ1v) is 10.1. The van der Waals surface area contributed by atoms with Crippen LogP contribution in [0.25, 0.3) is 18.2 Å². The van der Waals surface area contributed by atoms with Crippen LogP contribution in [0.5, 0.6) is 5.75 Å². The van der Waals surface area contributed by atoms with Crippen molar-refractivity contribution in [2.45, 2.75) is 6.42 Å². The zero-order valence-electron chi connectivity index (χ0n) is 18.3. The van der Waals surface area contributed by atoms with Crippen molar-refractivity contribution >= 4 is 18.2 Å². The molecule has 1 N–H and O–H groups in total. The van der Waals surface area contributed by atoms with E-state index in [4.69, 9.17) is 10.4 Å². The highest BCUT2D eigenvalue weighted by atomic mass is 16.3. The molecule has 0 aliphatic carbocycles. The number of allylic oxidation sites excluding steroid dienone is 3. The predicted octanol–water partition coefficient (Wildman–Crippen LogP) is 8.09. The van der Waals surface area contributed by atoms with Gasteiger partial charge in [0, 0.05) is 12.0 Å². The van der Waals surface area contributed by atoms with E-state index in [9.17, 15) is 0 Å². The third-order valence-electron chi connectivity index (χ3n) is 4.15. The van der Waals surface area contributed by atoms with Gasteiger partial charge in [-0.05, 0) is 34.4 Å². The molecule has 0 bridgehead atoms. The molecule has 0 heterocycles. The smallest absolute Gasteiger partial charge is 0.115 e. The van der Waals surface area contributed by atoms with Crippen molar-refractivity contribution in [3.8, 4) is 11.8 Å². The number of benzene rings is 3. The summed E-state index contributed by atoms with van der Waals surface area (Å²) in [5, 5.41) is 17.5. The van der Waals surface area contributed by atoms with Crippen LogP contribution >= 0.6 is 0 Å². The van der Waals surface area contributed by atoms with Gasteiger partial charge in [0.25, 0.3) is 0 Å². The fourth-order valence-electron chi connectivity index (χ4n) is 2.43. The Hall–Kier alpha value is -4.35. The molecule has 0 spiro atoms. The predicted molar refractivity (Wildman–Crippen MR) is 139 cm³/mol. The Labute approximate surface area is 192 Å². The minimum atomic E-state index is 0.292. The van der Waals surface area contributed by atoms with Crippen LogP contribution in [0, 0.1) is 11.3 Å². The van der Waals surface area contributed by atoms with E-state index in [-0.39, 0.29) is 0 Å². The van der Waals surface area contributed by atoms with Gasteiger partial charge in [0.2, 0.25) is 0 Å². The first kappa shape index (κ1) is 25.7. The average molecular weight is 420 g/mol. The van der Waals surface area contributed by atoms with Gasteiger partial charge in [-0.2, -0.15) is 5.26 Å². The Morgan fingerprint density at radius 1 is 0.750 bits per heavy atom. The molecule has 0 unspecified atom stereocenters. The third-order valence-corrected chi connectivity index (χ3v) is 4.15. The summed E-state index contributed by atoms with van der Waals surface area (Å²) in [6, 6.07) is 28.9. The molecular weight excluding hydrogens is 390 g/mol. The van der Waals surface area contributed by atoms with Crippen molar-refractivity contribution in [1.29, 1.82) is 5.26 Å². The van der Waals surface area contributed by atoms with Crippen LogP contribution in [0.1, 0.15) is 23.1 Å². The van der Waals surface area contributed by atoms with Crippen molar-refractivity contribution in [3.63, 3.8) is 0 Å². The second-order valence-electron chi connectivity index (χ2n) is 6.64. The number of aromatic hydroxyl groups is 1. The number of nitriles is 1. The van der Waals surface area contributed by atoms with E-state index >= 15 is 0 Å². The molecule has 0 aromatic heterocycles. The number of rotatable bonds is 6. The average Bonchev–Trinajstić information content (AvgIpc) is 2.86. The summed E-state index contributed by atoms with van der Waals surface area (Å²) in [6.07, 6.45) is 7.90. The van der Waals surface area contributed by atoms with Gasteiger partial charge < -0.3 is 5.11 Å². The molecule has 2 nitrogen and oxygen atoms in total. The Bertz CT molecular complexity index is 1050. The normalized spacial score (nSPS) is 9.53. The first-order chi connectivity index (χ1) is 15.5. The van der Waals surface area contributed by atoms with Crippen LogP contribution in [0.2, 0.25) is 0 Å². The minimum absolute atomic E-state index is 0.292. The molecule has 3 aromatic rings. The fraction of sp³-hybridized carbons (Fsp3) is 0.0333. The molecule has 3 aromatic carbocycles. The maximum absolute atomic E-state index is 8.82. The lowest BCUT2D eigenvalue weighted by atomic mass is 10.0. The van der Waals surface area contributed by atoms with Crippen molar-refractivity contribution in [3.05, 3.63) is 145 Å². The molecule has 0 fully saturated rings. The summed E-state index contributed by atoms with van der Waals surface area (Å²) >= 11 is 0. The van der Waals surface area contributed by atoms with Gasteiger partial charge in [0.05, 0.1) is 6.07 Å². The maximum atomic E-state index is 8.82. The molecule has 3 rings (SSSR count). The molecule has 0 radical (unpaired) electrons. The quantitative estimate of drug-likeness (QED) is 0.324. The van der Waals surface area contributed by atoms with Crippen molar-refractivity contribution < 1.29 is 5.11 Å².